The Morgan fingerprint density at radius 2 is 1.44 bits per heavy atom. The SMILES string of the molecule is O=C(Nc1ccc(Oc2ccc(Cl)cc2)cc1)c1ccc(-c2cc3ccccc3oc2=O)cc1. The predicted molar refractivity (Wildman–Crippen MR) is 134 cm³/mol. The number of hydrogen-bond acceptors (Lipinski definition) is 4. The average Bonchev–Trinajstić information content (AvgIpc) is 2.86. The topological polar surface area (TPSA) is 68.5 Å². The van der Waals surface area contributed by atoms with Crippen molar-refractivity contribution in [3.8, 4) is 22.6 Å². The Kier molecular flexibility index (Phi) is 5.85. The van der Waals surface area contributed by atoms with Crippen LogP contribution >= 0.6 is 11.6 Å². The van der Waals surface area contributed by atoms with Crippen molar-refractivity contribution in [3.05, 3.63) is 124 Å². The number of hydrogen-bond donors (Lipinski definition) is 1. The van der Waals surface area contributed by atoms with E-state index in [1.807, 2.05) is 18.2 Å². The number of nitrogens with one attached hydrogen (secondary N) is 1. The van der Waals surface area contributed by atoms with Crippen LogP contribution in [0.4, 0.5) is 5.69 Å². The van der Waals surface area contributed by atoms with Crippen LogP contribution in [-0.4, -0.2) is 5.91 Å². The van der Waals surface area contributed by atoms with Crippen molar-refractivity contribution in [2.24, 2.45) is 0 Å². The first-order chi connectivity index (χ1) is 16.5. The van der Waals surface area contributed by atoms with E-state index in [-0.39, 0.29) is 5.91 Å². The molecule has 0 unspecified atom stereocenters. The number of fused-ring (bicyclic) bond motifs is 1. The Hall–Kier alpha value is -4.35. The van der Waals surface area contributed by atoms with Crippen molar-refractivity contribution in [1.82, 2.24) is 0 Å². The number of rotatable bonds is 5. The molecule has 0 aliphatic carbocycles. The largest absolute Gasteiger partial charge is 0.457 e. The van der Waals surface area contributed by atoms with Crippen molar-refractivity contribution in [3.63, 3.8) is 0 Å². The molecule has 0 radical (unpaired) electrons. The smallest absolute Gasteiger partial charge is 0.344 e. The van der Waals surface area contributed by atoms with E-state index < -0.39 is 5.63 Å². The molecule has 0 aliphatic rings. The van der Waals surface area contributed by atoms with E-state index in [9.17, 15) is 9.59 Å². The summed E-state index contributed by atoms with van der Waals surface area (Å²) in [5.41, 5.74) is 2.35. The molecule has 1 amide bonds. The standard InChI is InChI=1S/C28H18ClNO4/c29-21-9-13-23(14-10-21)33-24-15-11-22(12-16-24)30-27(31)19-7-5-18(6-8-19)25-17-20-3-1-2-4-26(20)34-28(25)32/h1-17H,(H,30,31). The van der Waals surface area contributed by atoms with E-state index >= 15 is 0 Å². The maximum absolute atomic E-state index is 12.7. The van der Waals surface area contributed by atoms with Crippen molar-refractivity contribution in [2.75, 3.05) is 5.32 Å². The summed E-state index contributed by atoms with van der Waals surface area (Å²) in [6.07, 6.45) is 0. The van der Waals surface area contributed by atoms with E-state index in [0.717, 1.165) is 5.39 Å². The van der Waals surface area contributed by atoms with E-state index in [2.05, 4.69) is 5.32 Å². The van der Waals surface area contributed by atoms with Crippen molar-refractivity contribution < 1.29 is 13.9 Å². The fourth-order valence-electron chi connectivity index (χ4n) is 3.51. The first-order valence-corrected chi connectivity index (χ1v) is 10.9. The number of anilines is 1. The molecule has 0 aliphatic heterocycles. The second kappa shape index (κ2) is 9.25. The van der Waals surface area contributed by atoms with E-state index in [1.54, 1.807) is 84.9 Å². The fourth-order valence-corrected chi connectivity index (χ4v) is 3.64. The summed E-state index contributed by atoms with van der Waals surface area (Å²) < 4.78 is 11.2. The number of carbonyl (C=O) groups is 1. The van der Waals surface area contributed by atoms with Crippen LogP contribution in [0.2, 0.25) is 5.02 Å². The Labute approximate surface area is 200 Å². The molecule has 0 spiro atoms. The zero-order chi connectivity index (χ0) is 23.5. The summed E-state index contributed by atoms with van der Waals surface area (Å²) in [6.45, 7) is 0. The van der Waals surface area contributed by atoms with Gasteiger partial charge in [0.15, 0.2) is 0 Å². The van der Waals surface area contributed by atoms with Gasteiger partial charge in [0, 0.05) is 21.7 Å². The van der Waals surface area contributed by atoms with Gasteiger partial charge in [0.25, 0.3) is 5.91 Å². The van der Waals surface area contributed by atoms with Crippen molar-refractivity contribution >= 4 is 34.2 Å². The minimum absolute atomic E-state index is 0.261. The van der Waals surface area contributed by atoms with Gasteiger partial charge in [0.05, 0.1) is 5.56 Å². The summed E-state index contributed by atoms with van der Waals surface area (Å²) in [4.78, 5) is 25.1. The van der Waals surface area contributed by atoms with Crippen LogP contribution in [0.3, 0.4) is 0 Å². The van der Waals surface area contributed by atoms with Gasteiger partial charge >= 0.3 is 5.63 Å². The first-order valence-electron chi connectivity index (χ1n) is 10.5. The summed E-state index contributed by atoms with van der Waals surface area (Å²) >= 11 is 5.89. The second-order valence-corrected chi connectivity index (χ2v) is 8.03. The van der Waals surface area contributed by atoms with Crippen LogP contribution in [0, 0.1) is 0 Å². The molecule has 0 saturated heterocycles. The van der Waals surface area contributed by atoms with E-state index in [4.69, 9.17) is 20.8 Å². The maximum atomic E-state index is 12.7. The predicted octanol–water partition coefficient (Wildman–Crippen LogP) is 7.16. The summed E-state index contributed by atoms with van der Waals surface area (Å²) in [5.74, 6) is 1.05. The highest BCUT2D eigenvalue weighted by atomic mass is 35.5. The molecule has 0 bridgehead atoms. The highest BCUT2D eigenvalue weighted by Crippen LogP contribution is 2.25. The number of halogens is 1. The zero-order valence-electron chi connectivity index (χ0n) is 17.8. The van der Waals surface area contributed by atoms with Crippen LogP contribution in [0.25, 0.3) is 22.1 Å². The molecule has 166 valence electrons. The highest BCUT2D eigenvalue weighted by Gasteiger charge is 2.10. The van der Waals surface area contributed by atoms with Crippen LogP contribution in [0.15, 0.2) is 112 Å². The molecule has 1 heterocycles. The molecule has 0 saturated carbocycles. The molecule has 6 heteroatoms. The Morgan fingerprint density at radius 3 is 2.15 bits per heavy atom. The van der Waals surface area contributed by atoms with Gasteiger partial charge < -0.3 is 14.5 Å². The summed E-state index contributed by atoms with van der Waals surface area (Å²) in [5, 5.41) is 4.33. The van der Waals surface area contributed by atoms with Crippen molar-refractivity contribution in [2.45, 2.75) is 0 Å². The molecular weight excluding hydrogens is 450 g/mol. The monoisotopic (exact) mass is 467 g/mol. The van der Waals surface area contributed by atoms with Crippen molar-refractivity contribution in [1.29, 1.82) is 0 Å². The number of amides is 1. The van der Waals surface area contributed by atoms with Gasteiger partial charge in [-0.05, 0) is 78.4 Å². The normalized spacial score (nSPS) is 10.7. The number of para-hydroxylation sites is 1. The lowest BCUT2D eigenvalue weighted by Gasteiger charge is -2.09. The lowest BCUT2D eigenvalue weighted by atomic mass is 10.0. The molecule has 1 N–H and O–H groups in total. The Balaban J connectivity index is 1.28. The summed E-state index contributed by atoms with van der Waals surface area (Å²) in [7, 11) is 0. The fraction of sp³-hybridized carbons (Fsp3) is 0. The van der Waals surface area contributed by atoms with Gasteiger partial charge in [-0.15, -0.1) is 0 Å². The molecule has 5 aromatic rings. The van der Waals surface area contributed by atoms with Crippen LogP contribution < -0.4 is 15.7 Å². The zero-order valence-corrected chi connectivity index (χ0v) is 18.6. The summed E-state index contributed by atoms with van der Waals surface area (Å²) in [6, 6.07) is 30.1. The van der Waals surface area contributed by atoms with Gasteiger partial charge in [-0.1, -0.05) is 41.9 Å². The lowest BCUT2D eigenvalue weighted by molar-refractivity contribution is 0.102. The van der Waals surface area contributed by atoms with Crippen LogP contribution in [0.5, 0.6) is 11.5 Å². The Bertz CT molecular complexity index is 1520. The second-order valence-electron chi connectivity index (χ2n) is 7.60. The quantitative estimate of drug-likeness (QED) is 0.278. The molecule has 1 aromatic heterocycles. The molecular formula is C28H18ClNO4. The third kappa shape index (κ3) is 4.70. The lowest BCUT2D eigenvalue weighted by Crippen LogP contribution is -2.11. The van der Waals surface area contributed by atoms with Gasteiger partial charge in [-0.2, -0.15) is 0 Å². The average molecular weight is 468 g/mol. The van der Waals surface area contributed by atoms with Gasteiger partial charge in [0.2, 0.25) is 0 Å². The first kappa shape index (κ1) is 21.5. The number of benzene rings is 4. The number of carbonyl (C=O) groups excluding carboxylic acids is 1. The molecule has 34 heavy (non-hydrogen) atoms. The molecule has 5 rings (SSSR count). The van der Waals surface area contributed by atoms with Gasteiger partial charge in [-0.3, -0.25) is 4.79 Å². The maximum Gasteiger partial charge on any atom is 0.344 e. The molecule has 0 fully saturated rings. The minimum Gasteiger partial charge on any atom is -0.457 e. The molecule has 4 aromatic carbocycles. The molecule has 0 atom stereocenters. The minimum atomic E-state index is -0.420. The van der Waals surface area contributed by atoms with Gasteiger partial charge in [0.1, 0.15) is 17.1 Å². The van der Waals surface area contributed by atoms with E-state index in [1.165, 1.54) is 0 Å². The van der Waals surface area contributed by atoms with Gasteiger partial charge in [-0.25, -0.2) is 4.79 Å². The third-order valence-corrected chi connectivity index (χ3v) is 5.51. The van der Waals surface area contributed by atoms with Crippen LogP contribution in [0.1, 0.15) is 10.4 Å². The van der Waals surface area contributed by atoms with E-state index in [0.29, 0.717) is 44.5 Å². The molecule has 5 nitrogen and oxygen atoms in total. The Morgan fingerprint density at radius 1 is 0.794 bits per heavy atom. The highest BCUT2D eigenvalue weighted by molar-refractivity contribution is 6.30. The third-order valence-electron chi connectivity index (χ3n) is 5.26. The van der Waals surface area contributed by atoms with Crippen LogP contribution in [-0.2, 0) is 0 Å². The number of ether oxygens (including phenoxy) is 1.